The zero-order chi connectivity index (χ0) is 27.2. The molecule has 2 aromatic carbocycles. The molecule has 0 bridgehead atoms. The predicted molar refractivity (Wildman–Crippen MR) is 139 cm³/mol. The molecule has 1 fully saturated rings. The zero-order valence-corrected chi connectivity index (χ0v) is 21.6. The van der Waals surface area contributed by atoms with Gasteiger partial charge in [-0.2, -0.15) is 0 Å². The van der Waals surface area contributed by atoms with Gasteiger partial charge in [0.2, 0.25) is 5.91 Å². The lowest BCUT2D eigenvalue weighted by Gasteiger charge is -2.34. The Morgan fingerprint density at radius 3 is 2.19 bits per heavy atom. The molecule has 1 heterocycles. The van der Waals surface area contributed by atoms with Gasteiger partial charge < -0.3 is 25.0 Å². The summed E-state index contributed by atoms with van der Waals surface area (Å²) in [6.07, 6.45) is 3.92. The van der Waals surface area contributed by atoms with E-state index in [1.165, 1.54) is 5.56 Å². The highest BCUT2D eigenvalue weighted by atomic mass is 16.5. The average Bonchev–Trinajstić information content (AvgIpc) is 2.89. The van der Waals surface area contributed by atoms with Gasteiger partial charge in [0.25, 0.3) is 0 Å². The fourth-order valence-corrected chi connectivity index (χ4v) is 4.20. The number of likely N-dealkylation sites (tertiary alicyclic amines) is 1. The van der Waals surface area contributed by atoms with E-state index in [0.717, 1.165) is 57.4 Å². The Hall–Kier alpha value is -3.59. The van der Waals surface area contributed by atoms with Crippen molar-refractivity contribution in [2.45, 2.75) is 52.6 Å². The van der Waals surface area contributed by atoms with E-state index in [1.807, 2.05) is 37.3 Å². The van der Waals surface area contributed by atoms with Crippen LogP contribution in [0.1, 0.15) is 50.7 Å². The molecule has 1 amide bonds. The van der Waals surface area contributed by atoms with Gasteiger partial charge in [-0.1, -0.05) is 49.7 Å². The Morgan fingerprint density at radius 1 is 0.973 bits per heavy atom. The maximum Gasteiger partial charge on any atom is 0.414 e. The van der Waals surface area contributed by atoms with Crippen LogP contribution in [-0.2, 0) is 27.5 Å². The fourth-order valence-electron chi connectivity index (χ4n) is 4.20. The molecule has 0 spiro atoms. The number of carboxylic acid groups (broad SMARTS) is 2. The van der Waals surface area contributed by atoms with Gasteiger partial charge in [0.15, 0.2) is 11.5 Å². The minimum atomic E-state index is -1.82. The van der Waals surface area contributed by atoms with Crippen LogP contribution in [0.5, 0.6) is 11.5 Å². The highest BCUT2D eigenvalue weighted by Gasteiger charge is 2.28. The molecule has 0 atom stereocenters. The number of carbonyl (C=O) groups is 3. The molecule has 0 aromatic heterocycles. The summed E-state index contributed by atoms with van der Waals surface area (Å²) in [7, 11) is 0. The lowest BCUT2D eigenvalue weighted by Crippen LogP contribution is -2.42. The van der Waals surface area contributed by atoms with Gasteiger partial charge in [0.1, 0.15) is 0 Å². The first kappa shape index (κ1) is 29.6. The molecular weight excluding hydrogens is 476 g/mol. The van der Waals surface area contributed by atoms with Gasteiger partial charge in [-0.05, 0) is 62.5 Å². The molecule has 9 heteroatoms. The Morgan fingerprint density at radius 2 is 1.62 bits per heavy atom. The number of ether oxygens (including phenoxy) is 1. The smallest absolute Gasteiger partial charge is 0.414 e. The first-order chi connectivity index (χ1) is 17.7. The van der Waals surface area contributed by atoms with Crippen molar-refractivity contribution in [3.63, 3.8) is 0 Å². The van der Waals surface area contributed by atoms with Crippen LogP contribution in [0.3, 0.4) is 0 Å². The number of hydrogen-bond donors (Lipinski definition) is 3. The number of rotatable bonds is 10. The van der Waals surface area contributed by atoms with Crippen molar-refractivity contribution in [3.8, 4) is 11.5 Å². The molecular formula is C28H38N2O7. The number of benzene rings is 2. The molecule has 1 saturated heterocycles. The minimum Gasteiger partial charge on any atom is -0.504 e. The van der Waals surface area contributed by atoms with Crippen LogP contribution >= 0.6 is 0 Å². The van der Waals surface area contributed by atoms with Crippen LogP contribution in [0, 0.1) is 5.92 Å². The van der Waals surface area contributed by atoms with Crippen LogP contribution < -0.4 is 4.74 Å². The summed E-state index contributed by atoms with van der Waals surface area (Å²) in [6, 6.07) is 15.9. The van der Waals surface area contributed by atoms with E-state index in [-0.39, 0.29) is 11.7 Å². The summed E-state index contributed by atoms with van der Waals surface area (Å²) in [5.41, 5.74) is 2.32. The number of amides is 1. The number of nitrogens with zero attached hydrogens (tertiary/aromatic N) is 2. The van der Waals surface area contributed by atoms with Crippen molar-refractivity contribution < 1.29 is 34.4 Å². The summed E-state index contributed by atoms with van der Waals surface area (Å²) in [6.45, 7) is 8.78. The number of carbonyl (C=O) groups excluding carboxylic acids is 1. The van der Waals surface area contributed by atoms with Gasteiger partial charge in [-0.15, -0.1) is 0 Å². The molecule has 202 valence electrons. The second-order valence-corrected chi connectivity index (χ2v) is 8.99. The lowest BCUT2D eigenvalue weighted by molar-refractivity contribution is -0.159. The average molecular weight is 515 g/mol. The topological polar surface area (TPSA) is 128 Å². The van der Waals surface area contributed by atoms with Gasteiger partial charge in [0, 0.05) is 25.6 Å². The summed E-state index contributed by atoms with van der Waals surface area (Å²) in [5, 5.41) is 24.7. The van der Waals surface area contributed by atoms with Gasteiger partial charge in [0.05, 0.1) is 6.61 Å². The molecule has 0 unspecified atom stereocenters. The molecule has 0 radical (unpaired) electrons. The Bertz CT molecular complexity index is 993. The van der Waals surface area contributed by atoms with E-state index in [9.17, 15) is 9.90 Å². The van der Waals surface area contributed by atoms with Crippen molar-refractivity contribution >= 4 is 17.8 Å². The molecule has 1 aliphatic heterocycles. The van der Waals surface area contributed by atoms with E-state index in [4.69, 9.17) is 24.5 Å². The van der Waals surface area contributed by atoms with Crippen LogP contribution in [0.4, 0.5) is 0 Å². The molecule has 37 heavy (non-hydrogen) atoms. The van der Waals surface area contributed by atoms with Crippen molar-refractivity contribution in [2.75, 3.05) is 26.2 Å². The maximum absolute atomic E-state index is 13.3. The number of aliphatic carboxylic acids is 2. The molecule has 0 aliphatic carbocycles. The van der Waals surface area contributed by atoms with E-state index in [0.29, 0.717) is 24.8 Å². The summed E-state index contributed by atoms with van der Waals surface area (Å²) >= 11 is 0. The standard InChI is InChI=1S/C26H36N2O3.C2H2O4/c1-3-5-15-28(20-21-9-7-6-8-10-21)26(30)23-13-16-27(17-14-23)19-22-11-12-24(29)25(18-22)31-4-2;3-1(4)2(5)6/h6-12,18,23,29H,3-5,13-17,19-20H2,1-2H3;(H,3,4)(H,5,6). The molecule has 3 N–H and O–H groups in total. The molecule has 0 saturated carbocycles. The summed E-state index contributed by atoms with van der Waals surface area (Å²) < 4.78 is 5.50. The van der Waals surface area contributed by atoms with Crippen LogP contribution in [0.2, 0.25) is 0 Å². The molecule has 9 nitrogen and oxygen atoms in total. The minimum absolute atomic E-state index is 0.107. The van der Waals surface area contributed by atoms with Crippen molar-refractivity contribution in [3.05, 3.63) is 59.7 Å². The van der Waals surface area contributed by atoms with Gasteiger partial charge >= 0.3 is 11.9 Å². The second-order valence-electron chi connectivity index (χ2n) is 8.99. The highest BCUT2D eigenvalue weighted by Crippen LogP contribution is 2.28. The number of hydrogen-bond acceptors (Lipinski definition) is 6. The van der Waals surface area contributed by atoms with Crippen molar-refractivity contribution in [2.24, 2.45) is 5.92 Å². The Kier molecular flexibility index (Phi) is 12.4. The maximum atomic E-state index is 13.3. The lowest BCUT2D eigenvalue weighted by atomic mass is 9.94. The highest BCUT2D eigenvalue weighted by molar-refractivity contribution is 6.27. The predicted octanol–water partition coefficient (Wildman–Crippen LogP) is 3.99. The number of phenols is 1. The van der Waals surface area contributed by atoms with Crippen molar-refractivity contribution in [1.82, 2.24) is 9.80 Å². The normalized spacial score (nSPS) is 13.8. The fraction of sp³-hybridized carbons (Fsp3) is 0.464. The summed E-state index contributed by atoms with van der Waals surface area (Å²) in [4.78, 5) is 35.9. The van der Waals surface area contributed by atoms with Crippen LogP contribution in [0.15, 0.2) is 48.5 Å². The third-order valence-electron chi connectivity index (χ3n) is 6.16. The monoisotopic (exact) mass is 514 g/mol. The number of phenolic OH excluding ortho intramolecular Hbond substituents is 1. The van der Waals surface area contributed by atoms with Crippen LogP contribution in [0.25, 0.3) is 0 Å². The largest absolute Gasteiger partial charge is 0.504 e. The van der Waals surface area contributed by atoms with E-state index in [1.54, 1.807) is 6.07 Å². The number of unbranched alkanes of at least 4 members (excludes halogenated alkanes) is 1. The first-order valence-electron chi connectivity index (χ1n) is 12.7. The van der Waals surface area contributed by atoms with Crippen molar-refractivity contribution in [1.29, 1.82) is 0 Å². The summed E-state index contributed by atoms with van der Waals surface area (Å²) in [5.74, 6) is -2.51. The third-order valence-corrected chi connectivity index (χ3v) is 6.16. The van der Waals surface area contributed by atoms with E-state index >= 15 is 0 Å². The molecule has 1 aliphatic rings. The third kappa shape index (κ3) is 10.1. The number of carboxylic acids is 2. The second kappa shape index (κ2) is 15.5. The Labute approximate surface area is 218 Å². The SMILES string of the molecule is CCCCN(Cc1ccccc1)C(=O)C1CCN(Cc2ccc(O)c(OCC)c2)CC1.O=C(O)C(=O)O. The zero-order valence-electron chi connectivity index (χ0n) is 21.6. The number of piperidine rings is 1. The molecule has 2 aromatic rings. The van der Waals surface area contributed by atoms with Gasteiger partial charge in [-0.3, -0.25) is 9.69 Å². The van der Waals surface area contributed by atoms with E-state index in [2.05, 4.69) is 28.9 Å². The first-order valence-corrected chi connectivity index (χ1v) is 12.7. The molecule has 3 rings (SSSR count). The number of aromatic hydroxyl groups is 1. The van der Waals surface area contributed by atoms with Gasteiger partial charge in [-0.25, -0.2) is 9.59 Å². The van der Waals surface area contributed by atoms with E-state index < -0.39 is 11.9 Å². The van der Waals surface area contributed by atoms with Crippen LogP contribution in [-0.4, -0.2) is 69.2 Å². The Balaban J connectivity index is 0.000000717. The quantitative estimate of drug-likeness (QED) is 0.406.